The third-order valence-corrected chi connectivity index (χ3v) is 5.82. The minimum atomic E-state index is -4.21. The lowest BCUT2D eigenvalue weighted by molar-refractivity contribution is 0.133. The van der Waals surface area contributed by atoms with Crippen LogP contribution in [0.15, 0.2) is 41.3 Å². The fourth-order valence-electron chi connectivity index (χ4n) is 2.34. The fraction of sp³-hybridized carbons (Fsp3) is 0.250. The van der Waals surface area contributed by atoms with Crippen molar-refractivity contribution in [3.8, 4) is 5.75 Å². The van der Waals surface area contributed by atoms with E-state index in [1.165, 1.54) is 30.3 Å². The molecule has 0 fully saturated rings. The van der Waals surface area contributed by atoms with Gasteiger partial charge < -0.3 is 10.2 Å². The maximum absolute atomic E-state index is 14.0. The highest BCUT2D eigenvalue weighted by Gasteiger charge is 2.30. The number of rotatable bonds is 6. The smallest absolute Gasteiger partial charge is 0.244 e. The van der Waals surface area contributed by atoms with Crippen LogP contribution >= 0.6 is 23.2 Å². The average molecular weight is 408 g/mol. The maximum Gasteiger partial charge on any atom is 0.244 e. The molecule has 0 aliphatic carbocycles. The van der Waals surface area contributed by atoms with Crippen LogP contribution in [0.25, 0.3) is 0 Å². The molecular weight excluding hydrogens is 392 g/mol. The number of phenolic OH excluding ortho intramolecular Hbond substituents is 1. The molecule has 0 aromatic heterocycles. The summed E-state index contributed by atoms with van der Waals surface area (Å²) in [5.41, 5.74) is -0.200. The third kappa shape index (κ3) is 4.24. The van der Waals surface area contributed by atoms with Crippen molar-refractivity contribution in [1.29, 1.82) is 0 Å². The number of para-hydroxylation sites is 1. The van der Waals surface area contributed by atoms with Gasteiger partial charge in [-0.15, -0.1) is 0 Å². The van der Waals surface area contributed by atoms with Crippen molar-refractivity contribution in [2.75, 3.05) is 0 Å². The van der Waals surface area contributed by atoms with E-state index in [9.17, 15) is 23.0 Å². The first-order valence-corrected chi connectivity index (χ1v) is 9.54. The minimum Gasteiger partial charge on any atom is -0.505 e. The highest BCUT2D eigenvalue weighted by atomic mass is 35.5. The summed E-state index contributed by atoms with van der Waals surface area (Å²) in [7, 11) is -4.21. The molecule has 0 saturated carbocycles. The van der Waals surface area contributed by atoms with Crippen molar-refractivity contribution in [2.45, 2.75) is 30.4 Å². The zero-order valence-electron chi connectivity index (χ0n) is 13.1. The summed E-state index contributed by atoms with van der Waals surface area (Å²) in [6.45, 7) is 1.61. The molecule has 5 nitrogen and oxygen atoms in total. The molecular formula is C16H16Cl2FNO4S. The number of hydrogen-bond donors (Lipinski definition) is 3. The molecule has 0 amide bonds. The Labute approximate surface area is 155 Å². The molecule has 136 valence electrons. The van der Waals surface area contributed by atoms with Gasteiger partial charge in [0.25, 0.3) is 0 Å². The van der Waals surface area contributed by atoms with E-state index in [4.69, 9.17) is 23.2 Å². The van der Waals surface area contributed by atoms with Crippen molar-refractivity contribution in [1.82, 2.24) is 4.72 Å². The van der Waals surface area contributed by atoms with Gasteiger partial charge in [0.15, 0.2) is 5.75 Å². The number of nitrogens with one attached hydrogen (secondary N) is 1. The molecule has 2 unspecified atom stereocenters. The average Bonchev–Trinajstić information content (AvgIpc) is 2.54. The van der Waals surface area contributed by atoms with Gasteiger partial charge in [-0.1, -0.05) is 42.3 Å². The Morgan fingerprint density at radius 1 is 1.16 bits per heavy atom. The van der Waals surface area contributed by atoms with E-state index >= 15 is 0 Å². The van der Waals surface area contributed by atoms with Gasteiger partial charge in [0.2, 0.25) is 10.0 Å². The molecule has 3 N–H and O–H groups in total. The zero-order chi connectivity index (χ0) is 18.8. The predicted molar refractivity (Wildman–Crippen MR) is 93.9 cm³/mol. The minimum absolute atomic E-state index is 0.0178. The van der Waals surface area contributed by atoms with Gasteiger partial charge in [-0.05, 0) is 30.7 Å². The number of sulfonamides is 1. The molecule has 2 aromatic carbocycles. The van der Waals surface area contributed by atoms with Crippen LogP contribution in [-0.4, -0.2) is 24.7 Å². The van der Waals surface area contributed by atoms with Gasteiger partial charge >= 0.3 is 0 Å². The van der Waals surface area contributed by atoms with Crippen LogP contribution in [-0.2, 0) is 10.0 Å². The summed E-state index contributed by atoms with van der Waals surface area (Å²) in [6, 6.07) is 6.68. The van der Waals surface area contributed by atoms with Gasteiger partial charge in [-0.25, -0.2) is 17.5 Å². The lowest BCUT2D eigenvalue weighted by Crippen LogP contribution is -2.39. The second kappa shape index (κ2) is 7.88. The highest BCUT2D eigenvalue weighted by Crippen LogP contribution is 2.33. The first-order chi connectivity index (χ1) is 11.7. The predicted octanol–water partition coefficient (Wildman–Crippen LogP) is 3.63. The summed E-state index contributed by atoms with van der Waals surface area (Å²) >= 11 is 11.7. The lowest BCUT2D eigenvalue weighted by Gasteiger charge is -2.24. The molecule has 2 rings (SSSR count). The Bertz CT molecular complexity index is 856. The van der Waals surface area contributed by atoms with Crippen molar-refractivity contribution in [3.05, 3.63) is 57.8 Å². The van der Waals surface area contributed by atoms with Crippen LogP contribution in [0.5, 0.6) is 5.75 Å². The van der Waals surface area contributed by atoms with E-state index < -0.39 is 38.6 Å². The van der Waals surface area contributed by atoms with Crippen LogP contribution in [0.4, 0.5) is 4.39 Å². The topological polar surface area (TPSA) is 86.6 Å². The lowest BCUT2D eigenvalue weighted by atomic mass is 10.0. The monoisotopic (exact) mass is 407 g/mol. The van der Waals surface area contributed by atoms with E-state index in [0.717, 1.165) is 6.07 Å². The summed E-state index contributed by atoms with van der Waals surface area (Å²) in [4.78, 5) is -0.440. The molecule has 9 heteroatoms. The van der Waals surface area contributed by atoms with Crippen molar-refractivity contribution < 1.29 is 23.0 Å². The Morgan fingerprint density at radius 3 is 2.36 bits per heavy atom. The number of halogens is 3. The van der Waals surface area contributed by atoms with E-state index in [1.807, 2.05) is 0 Å². The quantitative estimate of drug-likeness (QED) is 0.682. The molecule has 2 atom stereocenters. The number of phenols is 1. The Balaban J connectivity index is 2.37. The van der Waals surface area contributed by atoms with Gasteiger partial charge in [0.05, 0.1) is 17.2 Å². The molecule has 0 heterocycles. The van der Waals surface area contributed by atoms with Gasteiger partial charge in [0, 0.05) is 10.6 Å². The van der Waals surface area contributed by atoms with E-state index in [2.05, 4.69) is 4.72 Å². The molecule has 0 saturated heterocycles. The molecule has 0 bridgehead atoms. The fourth-order valence-corrected chi connectivity index (χ4v) is 4.29. The van der Waals surface area contributed by atoms with E-state index in [0.29, 0.717) is 0 Å². The van der Waals surface area contributed by atoms with Crippen molar-refractivity contribution in [3.63, 3.8) is 0 Å². The standard InChI is InChI=1S/C16H16Cl2FNO4S/c1-2-12(16(22)14-9(17)5-3-7-11(14)19)20-25(23,24)13-8-4-6-10(18)15(13)21/h3-8,12,16,20-22H,2H2,1H3. The first-order valence-electron chi connectivity index (χ1n) is 7.30. The van der Waals surface area contributed by atoms with Crippen LogP contribution in [0.1, 0.15) is 25.0 Å². The van der Waals surface area contributed by atoms with Crippen LogP contribution < -0.4 is 4.72 Å². The summed E-state index contributed by atoms with van der Waals surface area (Å²) < 4.78 is 41.3. The van der Waals surface area contributed by atoms with Crippen molar-refractivity contribution >= 4 is 33.2 Å². The highest BCUT2D eigenvalue weighted by molar-refractivity contribution is 7.89. The molecule has 0 radical (unpaired) electrons. The van der Waals surface area contributed by atoms with Crippen LogP contribution in [0.2, 0.25) is 10.0 Å². The first kappa shape index (κ1) is 19.9. The SMILES string of the molecule is CCC(NS(=O)(=O)c1cccc(Cl)c1O)C(O)c1c(F)cccc1Cl. The molecule has 0 aliphatic rings. The number of aromatic hydroxyl groups is 1. The molecule has 0 aliphatic heterocycles. The van der Waals surface area contributed by atoms with E-state index in [-0.39, 0.29) is 22.0 Å². The Morgan fingerprint density at radius 2 is 1.76 bits per heavy atom. The second-order valence-electron chi connectivity index (χ2n) is 5.30. The summed E-state index contributed by atoms with van der Waals surface area (Å²) in [6.07, 6.45) is -1.37. The maximum atomic E-state index is 14.0. The number of aliphatic hydroxyl groups is 1. The van der Waals surface area contributed by atoms with Crippen LogP contribution in [0.3, 0.4) is 0 Å². The van der Waals surface area contributed by atoms with E-state index in [1.54, 1.807) is 6.92 Å². The zero-order valence-corrected chi connectivity index (χ0v) is 15.4. The number of aliphatic hydroxyl groups excluding tert-OH is 1. The van der Waals surface area contributed by atoms with Gasteiger partial charge in [0.1, 0.15) is 10.7 Å². The second-order valence-corrected chi connectivity index (χ2v) is 7.80. The molecule has 2 aromatic rings. The van der Waals surface area contributed by atoms with Crippen LogP contribution in [0, 0.1) is 5.82 Å². The van der Waals surface area contributed by atoms with Gasteiger partial charge in [-0.3, -0.25) is 0 Å². The van der Waals surface area contributed by atoms with Crippen molar-refractivity contribution in [2.24, 2.45) is 0 Å². The Kier molecular flexibility index (Phi) is 6.29. The molecule has 25 heavy (non-hydrogen) atoms. The summed E-state index contributed by atoms with van der Waals surface area (Å²) in [5.74, 6) is -1.35. The Hall–Kier alpha value is -1.38. The third-order valence-electron chi connectivity index (χ3n) is 3.66. The number of benzene rings is 2. The van der Waals surface area contributed by atoms with Gasteiger partial charge in [-0.2, -0.15) is 0 Å². The normalized spacial score (nSPS) is 14.3. The summed E-state index contributed by atoms with van der Waals surface area (Å²) in [5, 5.41) is 20.2. The molecule has 0 spiro atoms. The largest absolute Gasteiger partial charge is 0.505 e. The number of hydrogen-bond acceptors (Lipinski definition) is 4.